The van der Waals surface area contributed by atoms with Gasteiger partial charge in [-0.15, -0.1) is 0 Å². The molecule has 0 atom stereocenters. The van der Waals surface area contributed by atoms with Gasteiger partial charge in [-0.25, -0.2) is 0 Å². The monoisotopic (exact) mass is 418 g/mol. The van der Waals surface area contributed by atoms with Gasteiger partial charge < -0.3 is 20.1 Å². The van der Waals surface area contributed by atoms with Gasteiger partial charge >= 0.3 is 0 Å². The summed E-state index contributed by atoms with van der Waals surface area (Å²) in [7, 11) is 1.62. The lowest BCUT2D eigenvalue weighted by Crippen LogP contribution is -2.18. The summed E-state index contributed by atoms with van der Waals surface area (Å²) < 4.78 is 11.4. The quantitative estimate of drug-likeness (QED) is 0.487. The number of benzene rings is 3. The largest absolute Gasteiger partial charge is 0.490 e. The fourth-order valence-electron chi connectivity index (χ4n) is 2.94. The zero-order valence-corrected chi connectivity index (χ0v) is 17.5. The zero-order valence-electron chi connectivity index (χ0n) is 17.5. The number of nitrogens with one attached hydrogen (secondary N) is 2. The van der Waals surface area contributed by atoms with Gasteiger partial charge in [0.15, 0.2) is 0 Å². The van der Waals surface area contributed by atoms with E-state index in [4.69, 9.17) is 9.47 Å². The van der Waals surface area contributed by atoms with E-state index in [0.29, 0.717) is 43.1 Å². The number of carbonyl (C=O) groups excluding carboxylic acids is 2. The Bertz CT molecular complexity index is 988. The van der Waals surface area contributed by atoms with Crippen molar-refractivity contribution in [2.24, 2.45) is 0 Å². The predicted octanol–water partition coefficient (Wildman–Crippen LogP) is 4.08. The fourth-order valence-corrected chi connectivity index (χ4v) is 2.94. The van der Waals surface area contributed by atoms with Gasteiger partial charge in [-0.05, 0) is 48.4 Å². The highest BCUT2D eigenvalue weighted by Crippen LogP contribution is 2.20. The van der Waals surface area contributed by atoms with Gasteiger partial charge in [-0.1, -0.05) is 42.5 Å². The number of ether oxygens (including phenoxy) is 2. The summed E-state index contributed by atoms with van der Waals surface area (Å²) in [5.74, 6) is 1.02. The van der Waals surface area contributed by atoms with Crippen LogP contribution in [0.15, 0.2) is 78.9 Å². The molecule has 160 valence electrons. The third-order valence-electron chi connectivity index (χ3n) is 4.62. The lowest BCUT2D eigenvalue weighted by Gasteiger charge is -2.12. The maximum atomic E-state index is 12.8. The molecule has 6 nitrogen and oxygen atoms in total. The second kappa shape index (κ2) is 11.4. The van der Waals surface area contributed by atoms with E-state index in [-0.39, 0.29) is 11.8 Å². The van der Waals surface area contributed by atoms with Gasteiger partial charge in [0.2, 0.25) is 5.91 Å². The summed E-state index contributed by atoms with van der Waals surface area (Å²) in [5.41, 5.74) is 2.16. The lowest BCUT2D eigenvalue weighted by atomic mass is 10.1. The van der Waals surface area contributed by atoms with E-state index >= 15 is 0 Å². The van der Waals surface area contributed by atoms with Crippen molar-refractivity contribution >= 4 is 17.5 Å². The van der Waals surface area contributed by atoms with Gasteiger partial charge in [0.25, 0.3) is 5.91 Å². The Morgan fingerprint density at radius 1 is 0.806 bits per heavy atom. The maximum absolute atomic E-state index is 12.8. The van der Waals surface area contributed by atoms with Crippen molar-refractivity contribution in [2.45, 2.75) is 12.8 Å². The Kier molecular flexibility index (Phi) is 8.05. The van der Waals surface area contributed by atoms with Crippen molar-refractivity contribution in [3.05, 3.63) is 90.0 Å². The summed E-state index contributed by atoms with van der Waals surface area (Å²) in [4.78, 5) is 24.1. The first kappa shape index (κ1) is 21.9. The number of carbonyl (C=O) groups is 2. The van der Waals surface area contributed by atoms with Crippen LogP contribution in [0.4, 0.5) is 5.69 Å². The first-order valence-electron chi connectivity index (χ1n) is 10.2. The number of anilines is 1. The Hall–Kier alpha value is -3.80. The third-order valence-corrected chi connectivity index (χ3v) is 4.62. The van der Waals surface area contributed by atoms with Gasteiger partial charge in [0, 0.05) is 19.2 Å². The number of rotatable bonds is 10. The van der Waals surface area contributed by atoms with Gasteiger partial charge in [-0.3, -0.25) is 9.59 Å². The summed E-state index contributed by atoms with van der Waals surface area (Å²) >= 11 is 0. The van der Waals surface area contributed by atoms with Gasteiger partial charge in [0.05, 0.1) is 5.56 Å². The molecule has 0 spiro atoms. The van der Waals surface area contributed by atoms with E-state index in [1.54, 1.807) is 25.2 Å². The predicted molar refractivity (Wildman–Crippen MR) is 121 cm³/mol. The molecule has 3 rings (SSSR count). The number of hydrogen-bond donors (Lipinski definition) is 2. The molecular weight excluding hydrogens is 392 g/mol. The number of hydrogen-bond acceptors (Lipinski definition) is 4. The average molecular weight is 418 g/mol. The first-order chi connectivity index (χ1) is 15.2. The Balaban J connectivity index is 1.53. The molecule has 3 aromatic carbocycles. The van der Waals surface area contributed by atoms with Crippen molar-refractivity contribution in [1.29, 1.82) is 0 Å². The average Bonchev–Trinajstić information content (AvgIpc) is 2.82. The van der Waals surface area contributed by atoms with E-state index in [1.165, 1.54) is 0 Å². The Labute approximate surface area is 182 Å². The van der Waals surface area contributed by atoms with Crippen LogP contribution in [0.1, 0.15) is 22.3 Å². The second-order valence-electron chi connectivity index (χ2n) is 6.83. The van der Waals surface area contributed by atoms with Crippen LogP contribution in [-0.2, 0) is 11.2 Å². The maximum Gasteiger partial charge on any atom is 0.259 e. The Morgan fingerprint density at radius 2 is 1.48 bits per heavy atom. The van der Waals surface area contributed by atoms with Crippen LogP contribution in [0.25, 0.3) is 0 Å². The molecule has 0 aliphatic heterocycles. The van der Waals surface area contributed by atoms with E-state index in [9.17, 15) is 9.59 Å². The zero-order chi connectivity index (χ0) is 21.9. The summed E-state index contributed by atoms with van der Waals surface area (Å²) in [6, 6.07) is 24.1. The van der Waals surface area contributed by atoms with Crippen molar-refractivity contribution in [3.8, 4) is 11.5 Å². The number of amides is 2. The molecule has 0 heterocycles. The van der Waals surface area contributed by atoms with Crippen LogP contribution in [0, 0.1) is 0 Å². The molecule has 31 heavy (non-hydrogen) atoms. The Morgan fingerprint density at radius 3 is 2.23 bits per heavy atom. The SMILES string of the molecule is CNC(=O)CCc1ccc(NC(=O)c2ccccc2OCCOc2ccccc2)cc1. The topological polar surface area (TPSA) is 76.7 Å². The van der Waals surface area contributed by atoms with Gasteiger partial charge in [0.1, 0.15) is 24.7 Å². The molecule has 0 radical (unpaired) electrons. The van der Waals surface area contributed by atoms with E-state index in [0.717, 1.165) is 11.3 Å². The number of para-hydroxylation sites is 2. The fraction of sp³-hybridized carbons (Fsp3) is 0.200. The smallest absolute Gasteiger partial charge is 0.259 e. The lowest BCUT2D eigenvalue weighted by molar-refractivity contribution is -0.120. The van der Waals surface area contributed by atoms with Crippen LogP contribution in [-0.4, -0.2) is 32.1 Å². The summed E-state index contributed by atoms with van der Waals surface area (Å²) in [6.45, 7) is 0.691. The van der Waals surface area contributed by atoms with E-state index in [1.807, 2.05) is 60.7 Å². The normalized spacial score (nSPS) is 10.2. The number of aryl methyl sites for hydroxylation is 1. The van der Waals surface area contributed by atoms with Crippen LogP contribution in [0.2, 0.25) is 0 Å². The molecule has 2 amide bonds. The molecule has 0 unspecified atom stereocenters. The minimum absolute atomic E-state index is 0.00292. The van der Waals surface area contributed by atoms with Gasteiger partial charge in [-0.2, -0.15) is 0 Å². The first-order valence-corrected chi connectivity index (χ1v) is 10.2. The van der Waals surface area contributed by atoms with Crippen LogP contribution in [0.3, 0.4) is 0 Å². The molecule has 0 saturated carbocycles. The molecule has 0 aliphatic carbocycles. The van der Waals surface area contributed by atoms with Crippen molar-refractivity contribution < 1.29 is 19.1 Å². The molecule has 0 bridgehead atoms. The van der Waals surface area contributed by atoms with Crippen LogP contribution >= 0.6 is 0 Å². The highest BCUT2D eigenvalue weighted by molar-refractivity contribution is 6.06. The molecule has 0 fully saturated rings. The summed E-state index contributed by atoms with van der Waals surface area (Å²) in [5, 5.41) is 5.50. The van der Waals surface area contributed by atoms with E-state index < -0.39 is 0 Å². The minimum atomic E-state index is -0.252. The van der Waals surface area contributed by atoms with Crippen LogP contribution in [0.5, 0.6) is 11.5 Å². The molecule has 0 aromatic heterocycles. The molecule has 0 saturated heterocycles. The highest BCUT2D eigenvalue weighted by Gasteiger charge is 2.12. The third kappa shape index (κ3) is 6.89. The molecule has 3 aromatic rings. The van der Waals surface area contributed by atoms with Crippen molar-refractivity contribution in [3.63, 3.8) is 0 Å². The van der Waals surface area contributed by atoms with E-state index in [2.05, 4.69) is 10.6 Å². The second-order valence-corrected chi connectivity index (χ2v) is 6.83. The van der Waals surface area contributed by atoms with Crippen molar-refractivity contribution in [1.82, 2.24) is 5.32 Å². The molecular formula is C25H26N2O4. The van der Waals surface area contributed by atoms with Crippen molar-refractivity contribution in [2.75, 3.05) is 25.6 Å². The summed E-state index contributed by atoms with van der Waals surface area (Å²) in [6.07, 6.45) is 1.08. The molecule has 2 N–H and O–H groups in total. The molecule has 0 aliphatic rings. The highest BCUT2D eigenvalue weighted by atomic mass is 16.5. The minimum Gasteiger partial charge on any atom is -0.490 e. The standard InChI is InChI=1S/C25H26N2O4/c1-26-24(28)16-13-19-11-14-20(15-12-19)27-25(29)22-9-5-6-10-23(22)31-18-17-30-21-7-3-2-4-8-21/h2-12,14-15H,13,16-18H2,1H3,(H,26,28)(H,27,29). The van der Waals surface area contributed by atoms with Crippen LogP contribution < -0.4 is 20.1 Å². The molecule has 6 heteroatoms.